The molecular formula is C14H16Cl2O2. The van der Waals surface area contributed by atoms with E-state index in [0.29, 0.717) is 11.5 Å². The highest BCUT2D eigenvalue weighted by Gasteiger charge is 2.00. The summed E-state index contributed by atoms with van der Waals surface area (Å²) < 4.78 is 5.46. The van der Waals surface area contributed by atoms with E-state index in [9.17, 15) is 5.11 Å². The lowest BCUT2D eigenvalue weighted by Gasteiger charge is -2.06. The first-order chi connectivity index (χ1) is 8.86. The van der Waals surface area contributed by atoms with Crippen molar-refractivity contribution in [2.24, 2.45) is 0 Å². The van der Waals surface area contributed by atoms with Crippen LogP contribution in [0.1, 0.15) is 0 Å². The third-order valence-corrected chi connectivity index (χ3v) is 1.84. The van der Waals surface area contributed by atoms with Crippen LogP contribution in [0.25, 0.3) is 0 Å². The summed E-state index contributed by atoms with van der Waals surface area (Å²) in [5.41, 5.74) is 0. The highest BCUT2D eigenvalue weighted by Crippen LogP contribution is 2.29. The number of phenols is 1. The summed E-state index contributed by atoms with van der Waals surface area (Å²) in [7, 11) is 0. The Morgan fingerprint density at radius 2 is 1.28 bits per heavy atom. The normalized spacial score (nSPS) is 8.22. The predicted molar refractivity (Wildman–Crippen MR) is 78.2 cm³/mol. The number of rotatable bonds is 2. The predicted octanol–water partition coefficient (Wildman–Crippen LogP) is 4.89. The fraction of sp³-hybridized carbons (Fsp3) is 0.143. The maximum absolute atomic E-state index is 9.45. The average Bonchev–Trinajstić information content (AvgIpc) is 2.47. The van der Waals surface area contributed by atoms with E-state index in [2.05, 4.69) is 23.2 Å². The zero-order valence-electron chi connectivity index (χ0n) is 10.3. The molecule has 98 valence electrons. The van der Waals surface area contributed by atoms with Crippen LogP contribution in [0.2, 0.25) is 0 Å². The maximum Gasteiger partial charge on any atom is 0.169 e. The van der Waals surface area contributed by atoms with E-state index in [1.165, 1.54) is 12.8 Å². The van der Waals surface area contributed by atoms with Crippen molar-refractivity contribution in [3.8, 4) is 17.2 Å². The monoisotopic (exact) mass is 286 g/mol. The van der Waals surface area contributed by atoms with Crippen LogP contribution in [0.5, 0.6) is 17.2 Å². The van der Waals surface area contributed by atoms with Crippen LogP contribution in [-0.4, -0.2) is 17.9 Å². The molecule has 0 heterocycles. The molecule has 2 aromatic rings. The Morgan fingerprint density at radius 1 is 0.778 bits per heavy atom. The minimum Gasteiger partial charge on any atom is -0.504 e. The van der Waals surface area contributed by atoms with Crippen molar-refractivity contribution in [2.75, 3.05) is 12.8 Å². The molecule has 2 nitrogen and oxygen atoms in total. The summed E-state index contributed by atoms with van der Waals surface area (Å²) in [4.78, 5) is 0. The molecule has 0 saturated carbocycles. The van der Waals surface area contributed by atoms with Gasteiger partial charge < -0.3 is 9.84 Å². The Labute approximate surface area is 118 Å². The minimum absolute atomic E-state index is 0.149. The van der Waals surface area contributed by atoms with Gasteiger partial charge in [0, 0.05) is 12.8 Å². The molecule has 0 spiro atoms. The van der Waals surface area contributed by atoms with Crippen molar-refractivity contribution in [1.82, 2.24) is 0 Å². The Hall–Kier alpha value is -1.38. The van der Waals surface area contributed by atoms with Gasteiger partial charge in [0.15, 0.2) is 11.5 Å². The van der Waals surface area contributed by atoms with E-state index in [4.69, 9.17) is 4.74 Å². The van der Waals surface area contributed by atoms with Gasteiger partial charge in [0.05, 0.1) is 0 Å². The number of benzene rings is 2. The van der Waals surface area contributed by atoms with E-state index in [-0.39, 0.29) is 5.75 Å². The number of aromatic hydroxyl groups is 1. The van der Waals surface area contributed by atoms with Gasteiger partial charge in [-0.3, -0.25) is 0 Å². The number of hydrogen-bond acceptors (Lipinski definition) is 2. The van der Waals surface area contributed by atoms with Crippen molar-refractivity contribution in [3.63, 3.8) is 0 Å². The minimum atomic E-state index is 0.149. The first kappa shape index (κ1) is 16.6. The second-order valence-corrected chi connectivity index (χ2v) is 2.88. The van der Waals surface area contributed by atoms with Crippen LogP contribution >= 0.6 is 23.2 Å². The lowest BCUT2D eigenvalue weighted by Crippen LogP contribution is -1.83. The molecule has 2 aromatic carbocycles. The first-order valence-electron chi connectivity index (χ1n) is 5.13. The van der Waals surface area contributed by atoms with Crippen molar-refractivity contribution < 1.29 is 9.84 Å². The number of hydrogen-bond donors (Lipinski definition) is 1. The molecule has 0 aliphatic heterocycles. The molecule has 0 unspecified atom stereocenters. The summed E-state index contributed by atoms with van der Waals surface area (Å²) in [5, 5.41) is 9.45. The molecule has 2 rings (SSSR count). The molecule has 18 heavy (non-hydrogen) atoms. The maximum atomic E-state index is 9.45. The van der Waals surface area contributed by atoms with Gasteiger partial charge in [-0.2, -0.15) is 0 Å². The highest BCUT2D eigenvalue weighted by molar-refractivity contribution is 6.15. The van der Waals surface area contributed by atoms with Gasteiger partial charge in [-0.1, -0.05) is 30.3 Å². The van der Waals surface area contributed by atoms with Crippen LogP contribution in [-0.2, 0) is 0 Å². The van der Waals surface area contributed by atoms with Gasteiger partial charge >= 0.3 is 0 Å². The lowest BCUT2D eigenvalue weighted by molar-refractivity contribution is 0.411. The van der Waals surface area contributed by atoms with Gasteiger partial charge in [-0.15, -0.1) is 23.2 Å². The molecule has 0 fully saturated rings. The smallest absolute Gasteiger partial charge is 0.169 e. The summed E-state index contributed by atoms with van der Waals surface area (Å²) in [6, 6.07) is 16.3. The van der Waals surface area contributed by atoms with Crippen LogP contribution in [0.4, 0.5) is 0 Å². The fourth-order valence-electron chi connectivity index (χ4n) is 1.16. The molecule has 0 radical (unpaired) electrons. The van der Waals surface area contributed by atoms with Gasteiger partial charge in [-0.25, -0.2) is 0 Å². The van der Waals surface area contributed by atoms with Crippen molar-refractivity contribution in [3.05, 3.63) is 54.6 Å². The average molecular weight is 287 g/mol. The van der Waals surface area contributed by atoms with E-state index in [1.807, 2.05) is 36.4 Å². The molecule has 0 aliphatic rings. The largest absolute Gasteiger partial charge is 0.504 e. The SMILES string of the molecule is CCl.CCl.Oc1ccccc1Oc1ccccc1. The van der Waals surface area contributed by atoms with E-state index < -0.39 is 0 Å². The highest BCUT2D eigenvalue weighted by atomic mass is 35.5. The Morgan fingerprint density at radius 3 is 1.83 bits per heavy atom. The summed E-state index contributed by atoms with van der Waals surface area (Å²) in [5.74, 6) is 1.34. The topological polar surface area (TPSA) is 29.5 Å². The second-order valence-electron chi connectivity index (χ2n) is 2.88. The lowest BCUT2D eigenvalue weighted by atomic mass is 10.3. The summed E-state index contributed by atoms with van der Waals surface area (Å²) in [6.45, 7) is 0. The molecule has 0 atom stereocenters. The van der Waals surface area contributed by atoms with Gasteiger partial charge in [0.25, 0.3) is 0 Å². The molecule has 0 saturated heterocycles. The zero-order chi connectivity index (χ0) is 13.8. The Balaban J connectivity index is 0.000000659. The number of alkyl halides is 2. The van der Waals surface area contributed by atoms with Crippen molar-refractivity contribution in [1.29, 1.82) is 0 Å². The first-order valence-corrected chi connectivity index (χ1v) is 6.64. The molecule has 4 heteroatoms. The van der Waals surface area contributed by atoms with Crippen LogP contribution < -0.4 is 4.74 Å². The number of halogens is 2. The van der Waals surface area contributed by atoms with Crippen LogP contribution in [0.3, 0.4) is 0 Å². The summed E-state index contributed by atoms with van der Waals surface area (Å²) in [6.07, 6.45) is 2.94. The van der Waals surface area contributed by atoms with Crippen LogP contribution in [0.15, 0.2) is 54.6 Å². The molecule has 0 amide bonds. The Bertz CT molecular complexity index is 419. The molecule has 1 N–H and O–H groups in total. The molecular weight excluding hydrogens is 271 g/mol. The standard InChI is InChI=1S/C12H10O2.2CH3Cl/c13-11-8-4-5-9-12(11)14-10-6-2-1-3-7-10;2*1-2/h1-9,13H;2*1H3. The fourth-order valence-corrected chi connectivity index (χ4v) is 1.16. The van der Waals surface area contributed by atoms with E-state index >= 15 is 0 Å². The number of para-hydroxylation sites is 3. The second kappa shape index (κ2) is 10.8. The van der Waals surface area contributed by atoms with Crippen LogP contribution in [0, 0.1) is 0 Å². The molecule has 0 bridgehead atoms. The number of phenolic OH excluding ortho intramolecular Hbond substituents is 1. The molecule has 0 aliphatic carbocycles. The van der Waals surface area contributed by atoms with Gasteiger partial charge in [0.2, 0.25) is 0 Å². The van der Waals surface area contributed by atoms with E-state index in [0.717, 1.165) is 0 Å². The summed E-state index contributed by atoms with van der Waals surface area (Å²) >= 11 is 9.28. The van der Waals surface area contributed by atoms with Gasteiger partial charge in [0.1, 0.15) is 5.75 Å². The van der Waals surface area contributed by atoms with Gasteiger partial charge in [-0.05, 0) is 24.3 Å². The molecule has 0 aromatic heterocycles. The van der Waals surface area contributed by atoms with E-state index in [1.54, 1.807) is 18.2 Å². The third-order valence-electron chi connectivity index (χ3n) is 1.84. The number of ether oxygens (including phenoxy) is 1. The van der Waals surface area contributed by atoms with Crippen molar-refractivity contribution in [2.45, 2.75) is 0 Å². The zero-order valence-corrected chi connectivity index (χ0v) is 11.8. The third kappa shape index (κ3) is 5.80. The van der Waals surface area contributed by atoms with Crippen molar-refractivity contribution >= 4 is 23.2 Å². The Kier molecular flexibility index (Phi) is 9.93. The quantitative estimate of drug-likeness (QED) is 0.796.